The van der Waals surface area contributed by atoms with Crippen LogP contribution in [0.5, 0.6) is 0 Å². The third kappa shape index (κ3) is 2.25. The van der Waals surface area contributed by atoms with Gasteiger partial charge in [-0.2, -0.15) is 5.10 Å². The summed E-state index contributed by atoms with van der Waals surface area (Å²) in [5, 5.41) is 9.13. The zero-order valence-electron chi connectivity index (χ0n) is 12.0. The summed E-state index contributed by atoms with van der Waals surface area (Å²) in [7, 11) is 0. The number of benzene rings is 1. The van der Waals surface area contributed by atoms with Gasteiger partial charge in [-0.3, -0.25) is 0 Å². The van der Waals surface area contributed by atoms with Gasteiger partial charge in [0.15, 0.2) is 0 Å². The average molecular weight is 290 g/mol. The zero-order valence-corrected chi connectivity index (χ0v) is 12.8. The fraction of sp³-hybridized carbons (Fsp3) is 0.438. The first-order valence-corrected chi connectivity index (χ1v) is 7.66. The molecule has 0 spiro atoms. The maximum Gasteiger partial charge on any atom is 0.0693 e. The minimum atomic E-state index is 0.803. The maximum absolute atomic E-state index is 6.26. The van der Waals surface area contributed by atoms with Gasteiger partial charge >= 0.3 is 0 Å². The summed E-state index contributed by atoms with van der Waals surface area (Å²) >= 11 is 6.26. The number of fused-ring (bicyclic) bond motifs is 1. The Morgan fingerprint density at radius 2 is 2.25 bits per heavy atom. The number of hydrogen-bond acceptors (Lipinski definition) is 2. The Balaban J connectivity index is 2.16. The number of rotatable bonds is 3. The van der Waals surface area contributed by atoms with Gasteiger partial charge in [0.25, 0.3) is 0 Å². The number of aromatic nitrogens is 2. The highest BCUT2D eigenvalue weighted by Crippen LogP contribution is 2.27. The van der Waals surface area contributed by atoms with Gasteiger partial charge in [0.05, 0.1) is 17.1 Å². The Kier molecular flexibility index (Phi) is 3.81. The summed E-state index contributed by atoms with van der Waals surface area (Å²) in [6.07, 6.45) is 3.19. The Hall–Kier alpha value is -1.32. The van der Waals surface area contributed by atoms with Gasteiger partial charge in [0.2, 0.25) is 0 Å². The molecule has 3 rings (SSSR count). The molecular weight excluding hydrogens is 270 g/mol. The first kappa shape index (κ1) is 13.7. The molecule has 1 N–H and O–H groups in total. The maximum atomic E-state index is 6.26. The SMILES string of the molecule is CCCc1nn(-c2cccc(Cl)c2C)c2c1CNCC2. The second-order valence-corrected chi connectivity index (χ2v) is 5.75. The Labute approximate surface area is 124 Å². The van der Waals surface area contributed by atoms with Gasteiger partial charge in [0, 0.05) is 30.1 Å². The van der Waals surface area contributed by atoms with Crippen LogP contribution in [0, 0.1) is 6.92 Å². The molecule has 0 bridgehead atoms. The smallest absolute Gasteiger partial charge is 0.0693 e. The van der Waals surface area contributed by atoms with Crippen molar-refractivity contribution in [3.05, 3.63) is 45.7 Å². The molecule has 106 valence electrons. The number of aryl methyl sites for hydroxylation is 1. The van der Waals surface area contributed by atoms with E-state index >= 15 is 0 Å². The van der Waals surface area contributed by atoms with Crippen molar-refractivity contribution in [2.24, 2.45) is 0 Å². The molecule has 0 atom stereocenters. The van der Waals surface area contributed by atoms with Crippen LogP contribution in [0.15, 0.2) is 18.2 Å². The molecule has 0 fully saturated rings. The van der Waals surface area contributed by atoms with Gasteiger partial charge in [-0.05, 0) is 31.0 Å². The lowest BCUT2D eigenvalue weighted by Crippen LogP contribution is -2.25. The fourth-order valence-electron chi connectivity index (χ4n) is 2.88. The van der Waals surface area contributed by atoms with E-state index in [1.807, 2.05) is 12.1 Å². The normalized spacial score (nSPS) is 14.3. The van der Waals surface area contributed by atoms with Crippen molar-refractivity contribution in [3.8, 4) is 5.69 Å². The quantitative estimate of drug-likeness (QED) is 0.938. The highest BCUT2D eigenvalue weighted by Gasteiger charge is 2.21. The van der Waals surface area contributed by atoms with E-state index in [-0.39, 0.29) is 0 Å². The van der Waals surface area contributed by atoms with Crippen LogP contribution >= 0.6 is 11.6 Å². The monoisotopic (exact) mass is 289 g/mol. The summed E-state index contributed by atoms with van der Waals surface area (Å²) in [6.45, 7) is 6.22. The van der Waals surface area contributed by atoms with Crippen LogP contribution in [-0.2, 0) is 19.4 Å². The molecule has 0 aliphatic carbocycles. The van der Waals surface area contributed by atoms with Gasteiger partial charge in [-0.25, -0.2) is 4.68 Å². The van der Waals surface area contributed by atoms with Gasteiger partial charge in [-0.1, -0.05) is 31.0 Å². The molecular formula is C16H20ClN3. The molecule has 2 heterocycles. The molecule has 1 aromatic heterocycles. The lowest BCUT2D eigenvalue weighted by molar-refractivity contribution is 0.621. The lowest BCUT2D eigenvalue weighted by Gasteiger charge is -2.17. The Morgan fingerprint density at radius 3 is 3.05 bits per heavy atom. The molecule has 1 aliphatic heterocycles. The number of nitrogens with zero attached hydrogens (tertiary/aromatic N) is 2. The summed E-state index contributed by atoms with van der Waals surface area (Å²) in [6, 6.07) is 6.04. The Morgan fingerprint density at radius 1 is 1.40 bits per heavy atom. The summed E-state index contributed by atoms with van der Waals surface area (Å²) in [4.78, 5) is 0. The first-order chi connectivity index (χ1) is 9.72. The van der Waals surface area contributed by atoms with E-state index in [4.69, 9.17) is 16.7 Å². The van der Waals surface area contributed by atoms with E-state index in [0.29, 0.717) is 0 Å². The third-order valence-corrected chi connectivity index (χ3v) is 4.38. The van der Waals surface area contributed by atoms with Crippen molar-refractivity contribution in [1.29, 1.82) is 0 Å². The van der Waals surface area contributed by atoms with E-state index in [0.717, 1.165) is 48.6 Å². The van der Waals surface area contributed by atoms with Crippen LogP contribution in [-0.4, -0.2) is 16.3 Å². The van der Waals surface area contributed by atoms with Crippen molar-refractivity contribution < 1.29 is 0 Å². The molecule has 0 amide bonds. The van der Waals surface area contributed by atoms with Gasteiger partial charge in [-0.15, -0.1) is 0 Å². The Bertz CT molecular complexity index is 631. The van der Waals surface area contributed by atoms with Crippen LogP contribution in [0.25, 0.3) is 5.69 Å². The van der Waals surface area contributed by atoms with Crippen LogP contribution in [0.4, 0.5) is 0 Å². The van der Waals surface area contributed by atoms with Crippen molar-refractivity contribution >= 4 is 11.6 Å². The van der Waals surface area contributed by atoms with E-state index < -0.39 is 0 Å². The summed E-state index contributed by atoms with van der Waals surface area (Å²) in [5.74, 6) is 0. The molecule has 2 aromatic rings. The van der Waals surface area contributed by atoms with Crippen LogP contribution in [0.3, 0.4) is 0 Å². The predicted octanol–water partition coefficient (Wildman–Crippen LogP) is 3.43. The zero-order chi connectivity index (χ0) is 14.1. The first-order valence-electron chi connectivity index (χ1n) is 7.28. The molecule has 0 radical (unpaired) electrons. The topological polar surface area (TPSA) is 29.9 Å². The number of halogens is 1. The summed E-state index contributed by atoms with van der Waals surface area (Å²) < 4.78 is 2.11. The minimum Gasteiger partial charge on any atom is -0.312 e. The highest BCUT2D eigenvalue weighted by molar-refractivity contribution is 6.31. The molecule has 20 heavy (non-hydrogen) atoms. The third-order valence-electron chi connectivity index (χ3n) is 3.97. The molecule has 0 saturated heterocycles. The molecule has 1 aliphatic rings. The van der Waals surface area contributed by atoms with Crippen molar-refractivity contribution in [2.45, 2.75) is 39.7 Å². The van der Waals surface area contributed by atoms with E-state index in [9.17, 15) is 0 Å². The van der Waals surface area contributed by atoms with Gasteiger partial charge in [0.1, 0.15) is 0 Å². The molecule has 0 unspecified atom stereocenters. The fourth-order valence-corrected chi connectivity index (χ4v) is 3.05. The molecule has 4 heteroatoms. The van der Waals surface area contributed by atoms with Crippen molar-refractivity contribution in [1.82, 2.24) is 15.1 Å². The number of nitrogens with one attached hydrogen (secondary N) is 1. The van der Waals surface area contributed by atoms with Crippen molar-refractivity contribution in [3.63, 3.8) is 0 Å². The highest BCUT2D eigenvalue weighted by atomic mass is 35.5. The second kappa shape index (κ2) is 5.58. The predicted molar refractivity (Wildman–Crippen MR) is 82.7 cm³/mol. The van der Waals surface area contributed by atoms with Crippen molar-refractivity contribution in [2.75, 3.05) is 6.54 Å². The van der Waals surface area contributed by atoms with E-state index in [1.165, 1.54) is 17.0 Å². The lowest BCUT2D eigenvalue weighted by atomic mass is 10.0. The summed E-state index contributed by atoms with van der Waals surface area (Å²) in [5.41, 5.74) is 6.17. The second-order valence-electron chi connectivity index (χ2n) is 5.34. The molecule has 1 aromatic carbocycles. The van der Waals surface area contributed by atoms with Crippen LogP contribution in [0.1, 0.15) is 35.9 Å². The van der Waals surface area contributed by atoms with E-state index in [1.54, 1.807) is 0 Å². The largest absolute Gasteiger partial charge is 0.312 e. The number of hydrogen-bond donors (Lipinski definition) is 1. The average Bonchev–Trinajstić information content (AvgIpc) is 2.82. The van der Waals surface area contributed by atoms with Gasteiger partial charge < -0.3 is 5.32 Å². The van der Waals surface area contributed by atoms with Crippen LogP contribution in [0.2, 0.25) is 5.02 Å². The standard InChI is InChI=1S/C16H20ClN3/c1-3-5-14-12-10-18-9-8-16(12)20(19-14)15-7-4-6-13(17)11(15)2/h4,6-7,18H,3,5,8-10H2,1-2H3. The molecule has 0 saturated carbocycles. The molecule has 3 nitrogen and oxygen atoms in total. The minimum absolute atomic E-state index is 0.803. The van der Waals surface area contributed by atoms with E-state index in [2.05, 4.69) is 29.9 Å². The van der Waals surface area contributed by atoms with Crippen LogP contribution < -0.4 is 5.32 Å².